The van der Waals surface area contributed by atoms with Gasteiger partial charge in [-0.15, -0.1) is 0 Å². The number of hydrogen-bond acceptors (Lipinski definition) is 3. The van der Waals surface area contributed by atoms with Crippen molar-refractivity contribution in [2.75, 3.05) is 11.9 Å². The normalized spacial score (nSPS) is 14.0. The SMILES string of the molecule is O=C(CNc1ccc(C(=O)O)c(F)c1F)NC1CC1. The second-order valence-electron chi connectivity index (χ2n) is 4.29. The Morgan fingerprint density at radius 2 is 1.95 bits per heavy atom. The highest BCUT2D eigenvalue weighted by atomic mass is 19.2. The van der Waals surface area contributed by atoms with E-state index in [1.165, 1.54) is 0 Å². The molecule has 0 heterocycles. The molecule has 1 aromatic carbocycles. The Labute approximate surface area is 107 Å². The molecule has 1 aliphatic carbocycles. The summed E-state index contributed by atoms with van der Waals surface area (Å²) in [6, 6.07) is 2.22. The minimum absolute atomic E-state index is 0.185. The Balaban J connectivity index is 2.02. The summed E-state index contributed by atoms with van der Waals surface area (Å²) >= 11 is 0. The van der Waals surface area contributed by atoms with E-state index in [0.717, 1.165) is 25.0 Å². The molecule has 5 nitrogen and oxygen atoms in total. The molecular weight excluding hydrogens is 258 g/mol. The third-order valence-corrected chi connectivity index (χ3v) is 2.69. The van der Waals surface area contributed by atoms with Crippen LogP contribution in [-0.4, -0.2) is 29.6 Å². The predicted molar refractivity (Wildman–Crippen MR) is 63.0 cm³/mol. The Morgan fingerprint density at radius 3 is 2.53 bits per heavy atom. The van der Waals surface area contributed by atoms with E-state index >= 15 is 0 Å². The first-order valence-electron chi connectivity index (χ1n) is 5.73. The number of amides is 1. The lowest BCUT2D eigenvalue weighted by molar-refractivity contribution is -0.119. The lowest BCUT2D eigenvalue weighted by atomic mass is 10.2. The second kappa shape index (κ2) is 5.21. The molecule has 0 aromatic heterocycles. The van der Waals surface area contributed by atoms with Gasteiger partial charge in [0.15, 0.2) is 11.6 Å². The zero-order valence-electron chi connectivity index (χ0n) is 9.87. The number of anilines is 1. The van der Waals surface area contributed by atoms with Crippen LogP contribution in [-0.2, 0) is 4.79 Å². The lowest BCUT2D eigenvalue weighted by Gasteiger charge is -2.09. The summed E-state index contributed by atoms with van der Waals surface area (Å²) in [6.07, 6.45) is 1.87. The quantitative estimate of drug-likeness (QED) is 0.754. The zero-order valence-corrected chi connectivity index (χ0v) is 9.87. The number of carboxylic acid groups (broad SMARTS) is 1. The number of halogens is 2. The molecule has 2 rings (SSSR count). The van der Waals surface area contributed by atoms with Gasteiger partial charge in [-0.1, -0.05) is 0 Å². The van der Waals surface area contributed by atoms with Crippen LogP contribution in [0.15, 0.2) is 12.1 Å². The molecule has 3 N–H and O–H groups in total. The van der Waals surface area contributed by atoms with Gasteiger partial charge in [-0.2, -0.15) is 0 Å². The Kier molecular flexibility index (Phi) is 3.64. The highest BCUT2D eigenvalue weighted by Gasteiger charge is 2.23. The summed E-state index contributed by atoms with van der Waals surface area (Å²) in [4.78, 5) is 21.9. The van der Waals surface area contributed by atoms with E-state index in [4.69, 9.17) is 5.11 Å². The van der Waals surface area contributed by atoms with Crippen molar-refractivity contribution in [2.45, 2.75) is 18.9 Å². The number of carbonyl (C=O) groups excluding carboxylic acids is 1. The molecule has 0 radical (unpaired) electrons. The van der Waals surface area contributed by atoms with Crippen LogP contribution < -0.4 is 10.6 Å². The first kappa shape index (κ1) is 13.3. The van der Waals surface area contributed by atoms with Gasteiger partial charge in [-0.05, 0) is 25.0 Å². The van der Waals surface area contributed by atoms with Crippen molar-refractivity contribution in [3.63, 3.8) is 0 Å². The van der Waals surface area contributed by atoms with Crippen LogP contribution >= 0.6 is 0 Å². The molecule has 1 saturated carbocycles. The smallest absolute Gasteiger partial charge is 0.338 e. The van der Waals surface area contributed by atoms with Crippen LogP contribution in [0, 0.1) is 11.6 Å². The monoisotopic (exact) mass is 270 g/mol. The van der Waals surface area contributed by atoms with Gasteiger partial charge < -0.3 is 15.7 Å². The molecule has 19 heavy (non-hydrogen) atoms. The molecule has 1 fully saturated rings. The maximum Gasteiger partial charge on any atom is 0.338 e. The van der Waals surface area contributed by atoms with Crippen molar-refractivity contribution < 1.29 is 23.5 Å². The van der Waals surface area contributed by atoms with Crippen molar-refractivity contribution >= 4 is 17.6 Å². The molecule has 0 unspecified atom stereocenters. The summed E-state index contributed by atoms with van der Waals surface area (Å²) < 4.78 is 26.9. The van der Waals surface area contributed by atoms with E-state index < -0.39 is 23.2 Å². The van der Waals surface area contributed by atoms with Crippen LogP contribution in [0.3, 0.4) is 0 Å². The first-order valence-corrected chi connectivity index (χ1v) is 5.73. The second-order valence-corrected chi connectivity index (χ2v) is 4.29. The standard InChI is InChI=1S/C12H12F2N2O3/c13-10-7(12(18)19)3-4-8(11(10)14)15-5-9(17)16-6-1-2-6/h3-4,6,15H,1-2,5H2,(H,16,17)(H,18,19). The Morgan fingerprint density at radius 1 is 1.26 bits per heavy atom. The number of rotatable bonds is 5. The number of benzene rings is 1. The third kappa shape index (κ3) is 3.18. The van der Waals surface area contributed by atoms with Crippen molar-refractivity contribution in [3.05, 3.63) is 29.3 Å². The van der Waals surface area contributed by atoms with Gasteiger partial charge in [0.1, 0.15) is 0 Å². The summed E-state index contributed by atoms with van der Waals surface area (Å²) in [5.41, 5.74) is -0.987. The number of nitrogens with one attached hydrogen (secondary N) is 2. The number of hydrogen-bond donors (Lipinski definition) is 3. The summed E-state index contributed by atoms with van der Waals surface area (Å²) in [5, 5.41) is 13.7. The molecule has 1 aliphatic rings. The van der Waals surface area contributed by atoms with Crippen molar-refractivity contribution in [3.8, 4) is 0 Å². The van der Waals surface area contributed by atoms with E-state index in [1.54, 1.807) is 0 Å². The lowest BCUT2D eigenvalue weighted by Crippen LogP contribution is -2.31. The molecule has 0 bridgehead atoms. The van der Waals surface area contributed by atoms with Gasteiger partial charge in [0, 0.05) is 6.04 Å². The van der Waals surface area contributed by atoms with Crippen LogP contribution in [0.1, 0.15) is 23.2 Å². The maximum absolute atomic E-state index is 13.5. The molecule has 0 saturated heterocycles. The van der Waals surface area contributed by atoms with Gasteiger partial charge in [0.25, 0.3) is 0 Å². The molecule has 0 aliphatic heterocycles. The first-order chi connectivity index (χ1) is 8.99. The predicted octanol–water partition coefficient (Wildman–Crippen LogP) is 1.35. The largest absolute Gasteiger partial charge is 0.478 e. The summed E-state index contributed by atoms with van der Waals surface area (Å²) in [6.45, 7) is -0.195. The average molecular weight is 270 g/mol. The maximum atomic E-state index is 13.5. The van der Waals surface area contributed by atoms with Crippen LogP contribution in [0.5, 0.6) is 0 Å². The molecule has 1 amide bonds. The van der Waals surface area contributed by atoms with Crippen molar-refractivity contribution in [1.29, 1.82) is 0 Å². The minimum Gasteiger partial charge on any atom is -0.478 e. The number of carbonyl (C=O) groups is 2. The highest BCUT2D eigenvalue weighted by molar-refractivity contribution is 5.88. The average Bonchev–Trinajstić information content (AvgIpc) is 3.14. The Bertz CT molecular complexity index is 530. The summed E-state index contributed by atoms with van der Waals surface area (Å²) in [5.74, 6) is -4.61. The highest BCUT2D eigenvalue weighted by Crippen LogP contribution is 2.21. The van der Waals surface area contributed by atoms with E-state index in [1.807, 2.05) is 0 Å². The molecule has 0 spiro atoms. The fraction of sp³-hybridized carbons (Fsp3) is 0.333. The van der Waals surface area contributed by atoms with Gasteiger partial charge >= 0.3 is 5.97 Å². The fourth-order valence-electron chi connectivity index (χ4n) is 1.53. The fourth-order valence-corrected chi connectivity index (χ4v) is 1.53. The number of aromatic carboxylic acids is 1. The van der Waals surface area contributed by atoms with Gasteiger partial charge in [-0.3, -0.25) is 4.79 Å². The van der Waals surface area contributed by atoms with E-state index in [9.17, 15) is 18.4 Å². The van der Waals surface area contributed by atoms with Gasteiger partial charge in [0.2, 0.25) is 5.91 Å². The molecular formula is C12H12F2N2O3. The minimum atomic E-state index is -1.55. The molecule has 0 atom stereocenters. The van der Waals surface area contributed by atoms with E-state index in [2.05, 4.69) is 10.6 Å². The van der Waals surface area contributed by atoms with E-state index in [-0.39, 0.29) is 24.2 Å². The third-order valence-electron chi connectivity index (χ3n) is 2.69. The molecule has 1 aromatic rings. The van der Waals surface area contributed by atoms with Crippen molar-refractivity contribution in [1.82, 2.24) is 5.32 Å². The topological polar surface area (TPSA) is 78.4 Å². The molecule has 102 valence electrons. The van der Waals surface area contributed by atoms with Crippen LogP contribution in [0.25, 0.3) is 0 Å². The van der Waals surface area contributed by atoms with Crippen molar-refractivity contribution in [2.24, 2.45) is 0 Å². The van der Waals surface area contributed by atoms with E-state index in [0.29, 0.717) is 0 Å². The zero-order chi connectivity index (χ0) is 14.0. The number of carboxylic acids is 1. The van der Waals surface area contributed by atoms with Crippen LogP contribution in [0.2, 0.25) is 0 Å². The Hall–Kier alpha value is -2.18. The van der Waals surface area contributed by atoms with Crippen LogP contribution in [0.4, 0.5) is 14.5 Å². The molecule has 7 heteroatoms. The van der Waals surface area contributed by atoms with Gasteiger partial charge in [0.05, 0.1) is 17.8 Å². The summed E-state index contributed by atoms with van der Waals surface area (Å²) in [7, 11) is 0. The van der Waals surface area contributed by atoms with Gasteiger partial charge in [-0.25, -0.2) is 13.6 Å².